The molecule has 0 fully saturated rings. The van der Waals surface area contributed by atoms with Crippen molar-refractivity contribution >= 4 is 39.9 Å². The summed E-state index contributed by atoms with van der Waals surface area (Å²) in [6, 6.07) is 13.6. The van der Waals surface area contributed by atoms with Gasteiger partial charge in [-0.05, 0) is 36.8 Å². The second-order valence-electron chi connectivity index (χ2n) is 6.44. The number of nitrogens with one attached hydrogen (secondary N) is 1. The molecule has 0 radical (unpaired) electrons. The molecule has 1 N–H and O–H groups in total. The molecule has 2 aliphatic rings. The Kier molecular flexibility index (Phi) is 3.75. The van der Waals surface area contributed by atoms with Gasteiger partial charge in [0.1, 0.15) is 11.3 Å². The Morgan fingerprint density at radius 1 is 1.19 bits per heavy atom. The van der Waals surface area contributed by atoms with Crippen molar-refractivity contribution in [2.45, 2.75) is 6.92 Å². The van der Waals surface area contributed by atoms with Crippen LogP contribution in [0.4, 0.5) is 5.69 Å². The molecule has 2 aromatic heterocycles. The van der Waals surface area contributed by atoms with Gasteiger partial charge in [0.2, 0.25) is 0 Å². The number of fused-ring (bicyclic) bond motifs is 2. The summed E-state index contributed by atoms with van der Waals surface area (Å²) in [4.78, 5) is 24.0. The summed E-state index contributed by atoms with van der Waals surface area (Å²) in [7, 11) is 0. The highest BCUT2D eigenvalue weighted by atomic mass is 32.2. The van der Waals surface area contributed by atoms with Crippen molar-refractivity contribution in [2.24, 2.45) is 4.99 Å². The van der Waals surface area contributed by atoms with Crippen LogP contribution in [-0.2, 0) is 0 Å². The van der Waals surface area contributed by atoms with Gasteiger partial charge in [-0.15, -0.1) is 0 Å². The molecule has 5 rings (SSSR count). The number of hydrogen-bond acceptors (Lipinski definition) is 5. The van der Waals surface area contributed by atoms with E-state index in [1.54, 1.807) is 11.8 Å². The second kappa shape index (κ2) is 6.28. The molecule has 6 nitrogen and oxygen atoms in total. The van der Waals surface area contributed by atoms with E-state index < -0.39 is 0 Å². The number of carbonyl (C=O) groups is 1. The lowest BCUT2D eigenvalue weighted by Crippen LogP contribution is -2.20. The minimum Gasteiger partial charge on any atom is -0.321 e. The monoisotopic (exact) mass is 375 g/mol. The molecule has 0 aliphatic carbocycles. The third kappa shape index (κ3) is 2.71. The lowest BCUT2D eigenvalue weighted by Gasteiger charge is -2.16. The van der Waals surface area contributed by atoms with Gasteiger partial charge in [-0.3, -0.25) is 14.2 Å². The number of aryl methyl sites for hydroxylation is 1. The summed E-state index contributed by atoms with van der Waals surface area (Å²) in [5.74, 6) is -0.163. The zero-order valence-corrected chi connectivity index (χ0v) is 15.5. The SMILES string of the molecule is Cc1nc2ccccn2c1C(=O)Nc1ccc(C2=CSC3=NCCN23)cc1. The van der Waals surface area contributed by atoms with Gasteiger partial charge in [0.15, 0.2) is 5.17 Å². The van der Waals surface area contributed by atoms with E-state index in [1.165, 1.54) is 5.70 Å². The van der Waals surface area contributed by atoms with Crippen molar-refractivity contribution in [2.75, 3.05) is 18.4 Å². The molecule has 27 heavy (non-hydrogen) atoms. The van der Waals surface area contributed by atoms with Crippen LogP contribution < -0.4 is 5.32 Å². The van der Waals surface area contributed by atoms with E-state index in [-0.39, 0.29) is 5.91 Å². The fourth-order valence-electron chi connectivity index (χ4n) is 3.45. The number of pyridine rings is 1. The number of aliphatic imine (C=N–C) groups is 1. The Morgan fingerprint density at radius 2 is 2.04 bits per heavy atom. The number of aromatic nitrogens is 2. The van der Waals surface area contributed by atoms with E-state index in [2.05, 4.69) is 25.6 Å². The van der Waals surface area contributed by atoms with E-state index in [1.807, 2.05) is 60.0 Å². The predicted octanol–water partition coefficient (Wildman–Crippen LogP) is 3.61. The fraction of sp³-hybridized carbons (Fsp3) is 0.150. The number of carbonyl (C=O) groups excluding carboxylic acids is 1. The molecule has 4 heterocycles. The quantitative estimate of drug-likeness (QED) is 0.760. The van der Waals surface area contributed by atoms with Crippen LogP contribution in [0, 0.1) is 6.92 Å². The highest BCUT2D eigenvalue weighted by Crippen LogP contribution is 2.35. The molecule has 7 heteroatoms. The molecule has 2 aliphatic heterocycles. The third-order valence-corrected chi connectivity index (χ3v) is 5.63. The first-order valence-electron chi connectivity index (χ1n) is 8.75. The van der Waals surface area contributed by atoms with E-state index in [0.29, 0.717) is 11.4 Å². The molecule has 1 amide bonds. The van der Waals surface area contributed by atoms with Crippen molar-refractivity contribution in [3.8, 4) is 0 Å². The topological polar surface area (TPSA) is 62.0 Å². The second-order valence-corrected chi connectivity index (χ2v) is 7.28. The first kappa shape index (κ1) is 16.1. The number of rotatable bonds is 3. The Bertz CT molecular complexity index is 1110. The smallest absolute Gasteiger partial charge is 0.274 e. The number of amidine groups is 1. The van der Waals surface area contributed by atoms with Crippen molar-refractivity contribution in [1.82, 2.24) is 14.3 Å². The maximum atomic E-state index is 12.8. The van der Waals surface area contributed by atoms with E-state index in [4.69, 9.17) is 0 Å². The van der Waals surface area contributed by atoms with Crippen LogP contribution in [0.5, 0.6) is 0 Å². The van der Waals surface area contributed by atoms with Crippen LogP contribution in [-0.4, -0.2) is 38.4 Å². The summed E-state index contributed by atoms with van der Waals surface area (Å²) < 4.78 is 1.81. The van der Waals surface area contributed by atoms with Gasteiger partial charge < -0.3 is 10.2 Å². The van der Waals surface area contributed by atoms with Crippen LogP contribution >= 0.6 is 11.8 Å². The molecule has 0 bridgehead atoms. The number of thioether (sulfide) groups is 1. The Labute approximate surface area is 160 Å². The van der Waals surface area contributed by atoms with Crippen molar-refractivity contribution in [3.05, 3.63) is 71.0 Å². The van der Waals surface area contributed by atoms with Crippen LogP contribution in [0.1, 0.15) is 21.7 Å². The van der Waals surface area contributed by atoms with Gasteiger partial charge in [-0.1, -0.05) is 30.0 Å². The largest absolute Gasteiger partial charge is 0.321 e. The number of anilines is 1. The van der Waals surface area contributed by atoms with Gasteiger partial charge >= 0.3 is 0 Å². The fourth-order valence-corrected chi connectivity index (χ4v) is 4.41. The normalized spacial score (nSPS) is 15.7. The highest BCUT2D eigenvalue weighted by Gasteiger charge is 2.27. The third-order valence-electron chi connectivity index (χ3n) is 4.73. The summed E-state index contributed by atoms with van der Waals surface area (Å²) in [6.07, 6.45) is 1.85. The first-order valence-corrected chi connectivity index (χ1v) is 9.63. The zero-order chi connectivity index (χ0) is 18.4. The molecular weight excluding hydrogens is 358 g/mol. The molecule has 0 spiro atoms. The van der Waals surface area contributed by atoms with Crippen LogP contribution in [0.15, 0.2) is 59.1 Å². The average Bonchev–Trinajstić information content (AvgIpc) is 3.35. The van der Waals surface area contributed by atoms with Crippen molar-refractivity contribution in [3.63, 3.8) is 0 Å². The summed E-state index contributed by atoms with van der Waals surface area (Å²) in [5, 5.41) is 6.19. The summed E-state index contributed by atoms with van der Waals surface area (Å²) in [5.41, 5.74) is 5.09. The van der Waals surface area contributed by atoms with Crippen LogP contribution in [0.25, 0.3) is 11.3 Å². The van der Waals surface area contributed by atoms with Gasteiger partial charge in [0.05, 0.1) is 17.9 Å². The zero-order valence-electron chi connectivity index (χ0n) is 14.7. The maximum Gasteiger partial charge on any atom is 0.274 e. The minimum absolute atomic E-state index is 0.163. The lowest BCUT2D eigenvalue weighted by atomic mass is 10.1. The van der Waals surface area contributed by atoms with Crippen molar-refractivity contribution < 1.29 is 4.79 Å². The first-order chi connectivity index (χ1) is 13.2. The molecule has 1 aromatic carbocycles. The van der Waals surface area contributed by atoms with E-state index >= 15 is 0 Å². The van der Waals surface area contributed by atoms with Gasteiger partial charge in [-0.2, -0.15) is 0 Å². The number of nitrogens with zero attached hydrogens (tertiary/aromatic N) is 4. The molecule has 0 saturated carbocycles. The lowest BCUT2D eigenvalue weighted by molar-refractivity contribution is 0.102. The molecule has 0 unspecified atom stereocenters. The number of imidazole rings is 1. The van der Waals surface area contributed by atoms with Crippen molar-refractivity contribution in [1.29, 1.82) is 0 Å². The Hall–Kier alpha value is -3.06. The van der Waals surface area contributed by atoms with Crippen LogP contribution in [0.3, 0.4) is 0 Å². The van der Waals surface area contributed by atoms with Crippen LogP contribution in [0.2, 0.25) is 0 Å². The predicted molar refractivity (Wildman–Crippen MR) is 109 cm³/mol. The van der Waals surface area contributed by atoms with Gasteiger partial charge in [-0.25, -0.2) is 4.98 Å². The molecule has 0 saturated heterocycles. The molecule has 134 valence electrons. The molecule has 3 aromatic rings. The molecular formula is C20H17N5OS. The Balaban J connectivity index is 1.37. The minimum atomic E-state index is -0.163. The maximum absolute atomic E-state index is 12.8. The highest BCUT2D eigenvalue weighted by molar-refractivity contribution is 8.16. The Morgan fingerprint density at radius 3 is 2.89 bits per heavy atom. The standard InChI is InChI=1S/C20H17N5OS/c1-13-18(25-10-3-2-4-17(25)22-13)19(26)23-15-7-5-14(6-8-15)16-12-27-20-21-9-11-24(16)20/h2-8,10,12H,9,11H2,1H3,(H,23,26). The van der Waals surface area contributed by atoms with Gasteiger partial charge in [0, 0.05) is 23.8 Å². The summed E-state index contributed by atoms with van der Waals surface area (Å²) in [6.45, 7) is 3.64. The van der Waals surface area contributed by atoms with Gasteiger partial charge in [0.25, 0.3) is 5.91 Å². The summed E-state index contributed by atoms with van der Waals surface area (Å²) >= 11 is 1.67. The van der Waals surface area contributed by atoms with E-state index in [9.17, 15) is 4.79 Å². The number of amides is 1. The number of benzene rings is 1. The van der Waals surface area contributed by atoms with E-state index in [0.717, 1.165) is 35.2 Å². The average molecular weight is 375 g/mol. The number of hydrogen-bond donors (Lipinski definition) is 1. The molecule has 0 atom stereocenters.